The van der Waals surface area contributed by atoms with Crippen molar-refractivity contribution in [3.05, 3.63) is 51.1 Å². The topological polar surface area (TPSA) is 77.2 Å². The van der Waals surface area contributed by atoms with E-state index in [2.05, 4.69) is 15.5 Å². The van der Waals surface area contributed by atoms with E-state index in [1.807, 2.05) is 0 Å². The van der Waals surface area contributed by atoms with Crippen molar-refractivity contribution in [1.29, 1.82) is 0 Å². The van der Waals surface area contributed by atoms with Crippen molar-refractivity contribution < 1.29 is 13.9 Å². The van der Waals surface area contributed by atoms with Gasteiger partial charge in [0.05, 0.1) is 0 Å². The van der Waals surface area contributed by atoms with Gasteiger partial charge in [-0.3, -0.25) is 10.1 Å². The van der Waals surface area contributed by atoms with Gasteiger partial charge < -0.3 is 9.15 Å². The molecule has 0 bridgehead atoms. The number of furan rings is 1. The molecule has 9 heteroatoms. The van der Waals surface area contributed by atoms with E-state index in [9.17, 15) is 4.79 Å². The second-order valence-electron chi connectivity index (χ2n) is 5.50. The molecule has 1 saturated carbocycles. The molecular formula is C16H11Cl2N3O3S. The van der Waals surface area contributed by atoms with Crippen LogP contribution < -0.4 is 10.1 Å². The van der Waals surface area contributed by atoms with Gasteiger partial charge in [-0.05, 0) is 37.1 Å². The molecule has 128 valence electrons. The number of amides is 1. The molecule has 2 heterocycles. The lowest BCUT2D eigenvalue weighted by atomic mass is 10.3. The van der Waals surface area contributed by atoms with Crippen molar-refractivity contribution in [1.82, 2.24) is 10.2 Å². The molecule has 0 aliphatic heterocycles. The van der Waals surface area contributed by atoms with Gasteiger partial charge in [-0.25, -0.2) is 0 Å². The normalized spacial score (nSPS) is 13.7. The Morgan fingerprint density at radius 2 is 1.96 bits per heavy atom. The molecule has 25 heavy (non-hydrogen) atoms. The van der Waals surface area contributed by atoms with Crippen LogP contribution in [0.1, 0.15) is 34.3 Å². The standard InChI is InChI=1S/C16H11Cl2N3O3S/c17-9-5-10(18)7-11(6-9)23-13-4-3-12(24-13)14(22)19-16-21-20-15(25-16)8-1-2-8/h3-8H,1-2H2,(H,19,21,22). The monoisotopic (exact) mass is 395 g/mol. The number of ether oxygens (including phenoxy) is 1. The molecule has 0 saturated heterocycles. The molecule has 1 fully saturated rings. The quantitative estimate of drug-likeness (QED) is 0.628. The maximum Gasteiger partial charge on any atom is 0.293 e. The molecule has 0 unspecified atom stereocenters. The van der Waals surface area contributed by atoms with E-state index < -0.39 is 5.91 Å². The van der Waals surface area contributed by atoms with Crippen LogP contribution in [0.3, 0.4) is 0 Å². The molecule has 0 spiro atoms. The van der Waals surface area contributed by atoms with Crippen molar-refractivity contribution in [2.75, 3.05) is 5.32 Å². The fraction of sp³-hybridized carbons (Fsp3) is 0.188. The van der Waals surface area contributed by atoms with E-state index >= 15 is 0 Å². The number of aromatic nitrogens is 2. The third kappa shape index (κ3) is 3.95. The molecule has 4 rings (SSSR count). The summed E-state index contributed by atoms with van der Waals surface area (Å²) in [7, 11) is 0. The predicted molar refractivity (Wildman–Crippen MR) is 95.1 cm³/mol. The molecule has 3 aromatic rings. The summed E-state index contributed by atoms with van der Waals surface area (Å²) in [4.78, 5) is 12.2. The van der Waals surface area contributed by atoms with Crippen LogP contribution in [0, 0.1) is 0 Å². The highest BCUT2D eigenvalue weighted by molar-refractivity contribution is 7.15. The highest BCUT2D eigenvalue weighted by Gasteiger charge is 2.28. The fourth-order valence-electron chi connectivity index (χ4n) is 2.14. The van der Waals surface area contributed by atoms with Gasteiger partial charge in [0.2, 0.25) is 5.13 Å². The minimum atomic E-state index is -0.419. The summed E-state index contributed by atoms with van der Waals surface area (Å²) in [5, 5.41) is 13.0. The summed E-state index contributed by atoms with van der Waals surface area (Å²) in [6.07, 6.45) is 2.27. The molecule has 1 aliphatic carbocycles. The summed E-state index contributed by atoms with van der Waals surface area (Å²) in [6.45, 7) is 0. The van der Waals surface area contributed by atoms with Gasteiger partial charge in [-0.2, -0.15) is 0 Å². The van der Waals surface area contributed by atoms with E-state index in [0.29, 0.717) is 26.8 Å². The van der Waals surface area contributed by atoms with Crippen LogP contribution in [-0.2, 0) is 0 Å². The Kier molecular flexibility index (Phi) is 4.37. The van der Waals surface area contributed by atoms with E-state index in [1.54, 1.807) is 24.3 Å². The van der Waals surface area contributed by atoms with Crippen molar-refractivity contribution in [2.24, 2.45) is 0 Å². The Hall–Kier alpha value is -2.09. The lowest BCUT2D eigenvalue weighted by Crippen LogP contribution is -2.10. The van der Waals surface area contributed by atoms with E-state index in [1.165, 1.54) is 17.4 Å². The summed E-state index contributed by atoms with van der Waals surface area (Å²) in [5.41, 5.74) is 0. The summed E-state index contributed by atoms with van der Waals surface area (Å²) >= 11 is 13.2. The van der Waals surface area contributed by atoms with E-state index in [0.717, 1.165) is 17.8 Å². The van der Waals surface area contributed by atoms with Crippen LogP contribution in [0.25, 0.3) is 0 Å². The minimum absolute atomic E-state index is 0.103. The van der Waals surface area contributed by atoms with Crippen LogP contribution in [-0.4, -0.2) is 16.1 Å². The van der Waals surface area contributed by atoms with Crippen molar-refractivity contribution in [3.8, 4) is 11.7 Å². The highest BCUT2D eigenvalue weighted by atomic mass is 35.5. The first-order chi connectivity index (χ1) is 12.1. The van der Waals surface area contributed by atoms with Crippen molar-refractivity contribution in [2.45, 2.75) is 18.8 Å². The maximum absolute atomic E-state index is 12.2. The number of hydrogen-bond donors (Lipinski definition) is 1. The van der Waals surface area contributed by atoms with E-state index in [4.69, 9.17) is 32.4 Å². The van der Waals surface area contributed by atoms with Gasteiger partial charge >= 0.3 is 0 Å². The third-order valence-electron chi connectivity index (χ3n) is 3.45. The lowest BCUT2D eigenvalue weighted by Gasteiger charge is -2.03. The number of hydrogen-bond acceptors (Lipinski definition) is 6. The summed E-state index contributed by atoms with van der Waals surface area (Å²) < 4.78 is 10.9. The maximum atomic E-state index is 12.2. The van der Waals surface area contributed by atoms with Gasteiger partial charge in [0.25, 0.3) is 11.9 Å². The Morgan fingerprint density at radius 1 is 1.20 bits per heavy atom. The zero-order chi connectivity index (χ0) is 17.4. The number of carbonyl (C=O) groups is 1. The molecule has 1 aliphatic rings. The van der Waals surface area contributed by atoms with E-state index in [-0.39, 0.29) is 11.7 Å². The molecule has 0 radical (unpaired) electrons. The van der Waals surface area contributed by atoms with Crippen LogP contribution in [0.2, 0.25) is 10.0 Å². The average molecular weight is 396 g/mol. The van der Waals surface area contributed by atoms with Crippen LogP contribution in [0.5, 0.6) is 11.7 Å². The molecule has 0 atom stereocenters. The highest BCUT2D eigenvalue weighted by Crippen LogP contribution is 2.42. The molecule has 6 nitrogen and oxygen atoms in total. The summed E-state index contributed by atoms with van der Waals surface area (Å²) in [5.74, 6) is 0.747. The summed E-state index contributed by atoms with van der Waals surface area (Å²) in [6, 6.07) is 7.83. The Balaban J connectivity index is 1.43. The van der Waals surface area contributed by atoms with Crippen LogP contribution >= 0.6 is 34.5 Å². The molecule has 1 aromatic carbocycles. The number of nitrogens with one attached hydrogen (secondary N) is 1. The minimum Gasteiger partial charge on any atom is -0.426 e. The number of benzene rings is 1. The predicted octanol–water partition coefficient (Wildman–Crippen LogP) is 5.36. The fourth-order valence-corrected chi connectivity index (χ4v) is 3.55. The number of rotatable bonds is 5. The third-order valence-corrected chi connectivity index (χ3v) is 4.88. The average Bonchev–Trinajstić information content (AvgIpc) is 3.11. The zero-order valence-electron chi connectivity index (χ0n) is 12.7. The number of nitrogens with zero attached hydrogens (tertiary/aromatic N) is 2. The Labute approximate surface area is 156 Å². The smallest absolute Gasteiger partial charge is 0.293 e. The first-order valence-electron chi connectivity index (χ1n) is 7.45. The van der Waals surface area contributed by atoms with Gasteiger partial charge in [-0.1, -0.05) is 34.5 Å². The SMILES string of the molecule is O=C(Nc1nnc(C2CC2)s1)c1ccc(Oc2cc(Cl)cc(Cl)c2)o1. The Bertz CT molecular complexity index is 916. The van der Waals surface area contributed by atoms with Gasteiger partial charge in [-0.15, -0.1) is 10.2 Å². The zero-order valence-corrected chi connectivity index (χ0v) is 15.0. The first kappa shape index (κ1) is 16.4. The first-order valence-corrected chi connectivity index (χ1v) is 9.02. The van der Waals surface area contributed by atoms with Crippen molar-refractivity contribution in [3.63, 3.8) is 0 Å². The van der Waals surface area contributed by atoms with Gasteiger partial charge in [0.15, 0.2) is 5.76 Å². The van der Waals surface area contributed by atoms with Crippen LogP contribution in [0.4, 0.5) is 5.13 Å². The molecular weight excluding hydrogens is 385 g/mol. The number of carbonyl (C=O) groups excluding carboxylic acids is 1. The number of anilines is 1. The molecule has 2 aromatic heterocycles. The van der Waals surface area contributed by atoms with Crippen LogP contribution in [0.15, 0.2) is 34.7 Å². The van der Waals surface area contributed by atoms with Gasteiger partial charge in [0, 0.05) is 22.0 Å². The Morgan fingerprint density at radius 3 is 2.68 bits per heavy atom. The largest absolute Gasteiger partial charge is 0.426 e. The second kappa shape index (κ2) is 6.67. The second-order valence-corrected chi connectivity index (χ2v) is 7.38. The molecule has 1 N–H and O–H groups in total. The van der Waals surface area contributed by atoms with Gasteiger partial charge in [0.1, 0.15) is 10.8 Å². The lowest BCUT2D eigenvalue weighted by molar-refractivity contribution is 0.0991. The molecule has 1 amide bonds. The number of halogens is 2. The van der Waals surface area contributed by atoms with Crippen molar-refractivity contribution >= 4 is 45.6 Å².